The van der Waals surface area contributed by atoms with Crippen LogP contribution in [0.1, 0.15) is 12.6 Å². The van der Waals surface area contributed by atoms with Gasteiger partial charge in [0.1, 0.15) is 5.82 Å². The molecular weight excluding hydrogens is 381 g/mol. The van der Waals surface area contributed by atoms with E-state index < -0.39 is 11.6 Å². The summed E-state index contributed by atoms with van der Waals surface area (Å²) in [5.74, 6) is -0.421. The van der Waals surface area contributed by atoms with Gasteiger partial charge in [0.05, 0.1) is 27.9 Å². The van der Waals surface area contributed by atoms with Gasteiger partial charge in [0.25, 0.3) is 5.56 Å². The molecule has 0 aliphatic rings. The van der Waals surface area contributed by atoms with Crippen LogP contribution in [0.25, 0.3) is 32.5 Å². The van der Waals surface area contributed by atoms with Crippen LogP contribution in [0.5, 0.6) is 5.75 Å². The number of benzene rings is 1. The normalized spacial score (nSPS) is 11.1. The molecule has 1 aromatic carbocycles. The number of aromatic hydroxyl groups is 1. The van der Waals surface area contributed by atoms with E-state index >= 15 is 0 Å². The van der Waals surface area contributed by atoms with Crippen LogP contribution in [0, 0.1) is 12.7 Å². The van der Waals surface area contributed by atoms with Crippen LogP contribution in [0.4, 0.5) is 4.39 Å². The molecule has 4 rings (SSSR count). The number of aromatic nitrogens is 3. The molecule has 0 saturated carbocycles. The van der Waals surface area contributed by atoms with Gasteiger partial charge in [0.15, 0.2) is 23.7 Å². The molecule has 0 unspecified atom stereocenters. The van der Waals surface area contributed by atoms with Crippen LogP contribution in [0.2, 0.25) is 0 Å². The number of thiophene rings is 1. The van der Waals surface area contributed by atoms with Gasteiger partial charge in [-0.1, -0.05) is 6.07 Å². The quantitative estimate of drug-likeness (QED) is 0.550. The highest BCUT2D eigenvalue weighted by Gasteiger charge is 2.20. The average molecular weight is 397 g/mol. The zero-order valence-corrected chi connectivity index (χ0v) is 16.0. The summed E-state index contributed by atoms with van der Waals surface area (Å²) in [4.78, 5) is 23.3. The molecule has 0 aliphatic heterocycles. The van der Waals surface area contributed by atoms with Crippen molar-refractivity contribution in [3.05, 3.63) is 64.8 Å². The molecule has 0 saturated heterocycles. The summed E-state index contributed by atoms with van der Waals surface area (Å²) in [5.41, 5.74) is 0.901. The van der Waals surface area contributed by atoms with Crippen molar-refractivity contribution in [1.29, 1.82) is 0 Å². The first-order chi connectivity index (χ1) is 13.5. The van der Waals surface area contributed by atoms with E-state index in [0.717, 1.165) is 15.8 Å². The number of phenolic OH excluding ortho intramolecular Hbond substituents is 1. The first-order valence-electron chi connectivity index (χ1n) is 8.59. The second kappa shape index (κ2) is 7.05. The van der Waals surface area contributed by atoms with E-state index in [2.05, 4.69) is 9.97 Å². The molecule has 0 aliphatic carbocycles. The summed E-state index contributed by atoms with van der Waals surface area (Å²) >= 11 is 1.40. The Morgan fingerprint density at radius 3 is 2.75 bits per heavy atom. The van der Waals surface area contributed by atoms with E-state index in [9.17, 15) is 14.3 Å². The molecule has 3 heterocycles. The van der Waals surface area contributed by atoms with Gasteiger partial charge in [-0.05, 0) is 38.1 Å². The van der Waals surface area contributed by atoms with Gasteiger partial charge in [0, 0.05) is 11.4 Å². The Hall–Kier alpha value is -3.26. The predicted octanol–water partition coefficient (Wildman–Crippen LogP) is 4.47. The van der Waals surface area contributed by atoms with Crippen LogP contribution in [0.3, 0.4) is 0 Å². The number of hydrogen-bond acceptors (Lipinski definition) is 6. The largest absolute Gasteiger partial charge is 0.504 e. The molecule has 142 valence electrons. The highest BCUT2D eigenvalue weighted by atomic mass is 32.1. The van der Waals surface area contributed by atoms with Crippen molar-refractivity contribution >= 4 is 11.3 Å². The standard InChI is InChI=1S/C20H16FN3O3S/c1-3-24-19(12-5-4-6-13(21)18(12)25)23-11(2)17(20(24)26)16-8-7-15(28-16)14-9-22-10-27-14/h4-10,25H,3H2,1-2H3. The van der Waals surface area contributed by atoms with Gasteiger partial charge in [-0.3, -0.25) is 9.36 Å². The minimum Gasteiger partial charge on any atom is -0.504 e. The third kappa shape index (κ3) is 2.91. The Kier molecular flexibility index (Phi) is 4.56. The Labute approximate surface area is 163 Å². The number of halogens is 1. The maximum atomic E-state index is 13.8. The Bertz CT molecular complexity index is 1210. The van der Waals surface area contributed by atoms with E-state index in [1.807, 2.05) is 12.1 Å². The second-order valence-corrected chi connectivity index (χ2v) is 7.19. The number of nitrogens with zero attached hydrogens (tertiary/aromatic N) is 3. The third-order valence-corrected chi connectivity index (χ3v) is 5.54. The number of rotatable bonds is 4. The lowest BCUT2D eigenvalue weighted by Gasteiger charge is -2.15. The van der Waals surface area contributed by atoms with Gasteiger partial charge in [0.2, 0.25) is 0 Å². The summed E-state index contributed by atoms with van der Waals surface area (Å²) in [5, 5.41) is 10.1. The summed E-state index contributed by atoms with van der Waals surface area (Å²) in [6.07, 6.45) is 2.97. The fourth-order valence-electron chi connectivity index (χ4n) is 3.08. The van der Waals surface area contributed by atoms with Crippen molar-refractivity contribution < 1.29 is 13.9 Å². The van der Waals surface area contributed by atoms with E-state index in [1.165, 1.54) is 28.4 Å². The van der Waals surface area contributed by atoms with E-state index in [-0.39, 0.29) is 16.9 Å². The molecule has 0 fully saturated rings. The Morgan fingerprint density at radius 1 is 1.25 bits per heavy atom. The molecule has 6 nitrogen and oxygen atoms in total. The number of aryl methyl sites for hydroxylation is 1. The van der Waals surface area contributed by atoms with Gasteiger partial charge in [-0.25, -0.2) is 14.4 Å². The maximum Gasteiger partial charge on any atom is 0.262 e. The molecule has 8 heteroatoms. The van der Waals surface area contributed by atoms with Crippen LogP contribution in [-0.2, 0) is 6.54 Å². The Morgan fingerprint density at radius 2 is 2.04 bits per heavy atom. The van der Waals surface area contributed by atoms with Gasteiger partial charge in [-0.15, -0.1) is 11.3 Å². The van der Waals surface area contributed by atoms with Crippen molar-refractivity contribution in [3.8, 4) is 38.2 Å². The summed E-state index contributed by atoms with van der Waals surface area (Å²) in [7, 11) is 0. The van der Waals surface area contributed by atoms with Crippen molar-refractivity contribution in [2.45, 2.75) is 20.4 Å². The highest BCUT2D eigenvalue weighted by molar-refractivity contribution is 7.18. The van der Waals surface area contributed by atoms with Crippen LogP contribution in [0.15, 0.2) is 52.1 Å². The molecule has 28 heavy (non-hydrogen) atoms. The number of oxazole rings is 1. The molecule has 0 radical (unpaired) electrons. The predicted molar refractivity (Wildman–Crippen MR) is 105 cm³/mol. The fourth-order valence-corrected chi connectivity index (χ4v) is 4.13. The molecule has 0 bridgehead atoms. The first-order valence-corrected chi connectivity index (χ1v) is 9.41. The number of hydrogen-bond donors (Lipinski definition) is 1. The van der Waals surface area contributed by atoms with E-state index in [4.69, 9.17) is 4.42 Å². The summed E-state index contributed by atoms with van der Waals surface area (Å²) in [6.45, 7) is 3.85. The minimum absolute atomic E-state index is 0.183. The summed E-state index contributed by atoms with van der Waals surface area (Å²) < 4.78 is 20.6. The lowest BCUT2D eigenvalue weighted by atomic mass is 10.1. The van der Waals surface area contributed by atoms with Crippen LogP contribution < -0.4 is 5.56 Å². The molecule has 1 N–H and O–H groups in total. The van der Waals surface area contributed by atoms with Crippen molar-refractivity contribution in [1.82, 2.24) is 14.5 Å². The number of phenols is 1. The fraction of sp³-hybridized carbons (Fsp3) is 0.150. The lowest BCUT2D eigenvalue weighted by Crippen LogP contribution is -2.25. The van der Waals surface area contributed by atoms with Crippen LogP contribution in [-0.4, -0.2) is 19.6 Å². The molecule has 0 atom stereocenters. The van der Waals surface area contributed by atoms with Crippen LogP contribution >= 0.6 is 11.3 Å². The minimum atomic E-state index is -0.758. The van der Waals surface area contributed by atoms with Crippen molar-refractivity contribution in [3.63, 3.8) is 0 Å². The highest BCUT2D eigenvalue weighted by Crippen LogP contribution is 2.35. The van der Waals surface area contributed by atoms with E-state index in [0.29, 0.717) is 23.6 Å². The molecule has 4 aromatic rings. The average Bonchev–Trinajstić information content (AvgIpc) is 3.35. The molecular formula is C20H16FN3O3S. The third-order valence-electron chi connectivity index (χ3n) is 4.42. The zero-order valence-electron chi connectivity index (χ0n) is 15.1. The molecule has 0 spiro atoms. The first kappa shape index (κ1) is 18.1. The number of para-hydroxylation sites is 1. The van der Waals surface area contributed by atoms with Gasteiger partial charge < -0.3 is 9.52 Å². The van der Waals surface area contributed by atoms with Crippen molar-refractivity contribution in [2.75, 3.05) is 0 Å². The summed E-state index contributed by atoms with van der Waals surface area (Å²) in [6, 6.07) is 7.88. The SMILES string of the molecule is CCn1c(-c2cccc(F)c2O)nc(C)c(-c2ccc(-c3cnco3)s2)c1=O. The molecule has 3 aromatic heterocycles. The topological polar surface area (TPSA) is 81.2 Å². The van der Waals surface area contributed by atoms with Crippen molar-refractivity contribution in [2.24, 2.45) is 0 Å². The van der Waals surface area contributed by atoms with Gasteiger partial charge in [-0.2, -0.15) is 0 Å². The lowest BCUT2D eigenvalue weighted by molar-refractivity contribution is 0.433. The maximum absolute atomic E-state index is 13.8. The monoisotopic (exact) mass is 397 g/mol. The Balaban J connectivity index is 1.90. The van der Waals surface area contributed by atoms with Gasteiger partial charge >= 0.3 is 0 Å². The molecule has 0 amide bonds. The smallest absolute Gasteiger partial charge is 0.262 e. The van der Waals surface area contributed by atoms with E-state index in [1.54, 1.807) is 26.1 Å². The second-order valence-electron chi connectivity index (χ2n) is 6.11. The zero-order chi connectivity index (χ0) is 19.8.